The number of benzene rings is 2. The predicted octanol–water partition coefficient (Wildman–Crippen LogP) is 0.733. The number of aromatic amines is 1. The molecule has 3 aromatic rings. The normalized spacial score (nSPS) is 15.9. The lowest BCUT2D eigenvalue weighted by atomic mass is 10.1. The van der Waals surface area contributed by atoms with E-state index in [0.717, 1.165) is 5.56 Å². The summed E-state index contributed by atoms with van der Waals surface area (Å²) in [4.78, 5) is 50.6. The van der Waals surface area contributed by atoms with E-state index >= 15 is 0 Å². The number of carbonyl (C=O) groups is 3. The fourth-order valence-electron chi connectivity index (χ4n) is 3.47. The molecule has 1 aliphatic heterocycles. The summed E-state index contributed by atoms with van der Waals surface area (Å²) in [5.41, 5.74) is 5.23. The van der Waals surface area contributed by atoms with Gasteiger partial charge in [-0.2, -0.15) is 5.10 Å². The number of hydrazine groups is 1. The zero-order chi connectivity index (χ0) is 21.1. The third-order valence-corrected chi connectivity index (χ3v) is 5.01. The Morgan fingerprint density at radius 3 is 2.47 bits per heavy atom. The van der Waals surface area contributed by atoms with Crippen molar-refractivity contribution >= 4 is 28.5 Å². The molecule has 1 saturated heterocycles. The fourth-order valence-corrected chi connectivity index (χ4v) is 3.47. The molecule has 2 aromatic carbocycles. The van der Waals surface area contributed by atoms with Crippen LogP contribution in [0, 0.1) is 5.92 Å². The molecule has 4 rings (SSSR count). The molecular weight excluding hydrogens is 386 g/mol. The van der Waals surface area contributed by atoms with Crippen molar-refractivity contribution in [3.8, 4) is 0 Å². The van der Waals surface area contributed by atoms with Crippen LogP contribution in [0.4, 0.5) is 0 Å². The molecule has 0 radical (unpaired) electrons. The molecule has 1 aliphatic rings. The summed E-state index contributed by atoms with van der Waals surface area (Å²) < 4.78 is 0. The van der Waals surface area contributed by atoms with E-state index in [1.807, 2.05) is 30.3 Å². The first-order chi connectivity index (χ1) is 14.5. The van der Waals surface area contributed by atoms with Crippen molar-refractivity contribution in [3.05, 3.63) is 76.2 Å². The Morgan fingerprint density at radius 1 is 1.00 bits per heavy atom. The van der Waals surface area contributed by atoms with Gasteiger partial charge in [0.05, 0.1) is 11.3 Å². The van der Waals surface area contributed by atoms with Crippen LogP contribution in [-0.4, -0.2) is 39.4 Å². The average molecular weight is 405 g/mol. The maximum Gasteiger partial charge on any atom is 0.290 e. The molecule has 0 saturated carbocycles. The summed E-state index contributed by atoms with van der Waals surface area (Å²) in [6.07, 6.45) is 0.0778. The number of amides is 3. The van der Waals surface area contributed by atoms with Gasteiger partial charge in [-0.15, -0.1) is 0 Å². The maximum absolute atomic E-state index is 12.5. The summed E-state index contributed by atoms with van der Waals surface area (Å²) >= 11 is 0. The molecule has 152 valence electrons. The second-order valence-corrected chi connectivity index (χ2v) is 7.05. The lowest BCUT2D eigenvalue weighted by Gasteiger charge is -2.16. The number of nitrogens with one attached hydrogen (secondary N) is 3. The predicted molar refractivity (Wildman–Crippen MR) is 108 cm³/mol. The van der Waals surface area contributed by atoms with Gasteiger partial charge in [0.1, 0.15) is 0 Å². The van der Waals surface area contributed by atoms with Crippen LogP contribution >= 0.6 is 0 Å². The molecule has 2 heterocycles. The van der Waals surface area contributed by atoms with Crippen LogP contribution in [-0.2, 0) is 16.1 Å². The first-order valence-corrected chi connectivity index (χ1v) is 9.42. The summed E-state index contributed by atoms with van der Waals surface area (Å²) in [6, 6.07) is 16.1. The highest BCUT2D eigenvalue weighted by Crippen LogP contribution is 2.20. The number of hydrogen-bond donors (Lipinski definition) is 3. The molecule has 3 N–H and O–H groups in total. The van der Waals surface area contributed by atoms with Crippen LogP contribution in [0.2, 0.25) is 0 Å². The number of aromatic nitrogens is 2. The Labute approximate surface area is 171 Å². The van der Waals surface area contributed by atoms with E-state index in [-0.39, 0.29) is 24.6 Å². The van der Waals surface area contributed by atoms with Gasteiger partial charge in [0.15, 0.2) is 5.69 Å². The molecular formula is C21H19N5O4. The largest absolute Gasteiger partial charge is 0.338 e. The second kappa shape index (κ2) is 8.16. The summed E-state index contributed by atoms with van der Waals surface area (Å²) in [6.45, 7) is 0.707. The first kappa shape index (κ1) is 19.3. The second-order valence-electron chi connectivity index (χ2n) is 7.05. The van der Waals surface area contributed by atoms with Crippen molar-refractivity contribution in [1.82, 2.24) is 25.9 Å². The highest BCUT2D eigenvalue weighted by Gasteiger charge is 2.34. The highest BCUT2D eigenvalue weighted by molar-refractivity contribution is 6.05. The summed E-state index contributed by atoms with van der Waals surface area (Å²) in [5, 5.41) is 6.75. The van der Waals surface area contributed by atoms with Gasteiger partial charge >= 0.3 is 0 Å². The number of nitrogens with zero attached hydrogens (tertiary/aromatic N) is 2. The average Bonchev–Trinajstić information content (AvgIpc) is 3.13. The number of rotatable bonds is 4. The van der Waals surface area contributed by atoms with Crippen molar-refractivity contribution in [1.29, 1.82) is 0 Å². The van der Waals surface area contributed by atoms with E-state index in [1.54, 1.807) is 29.2 Å². The number of likely N-dealkylation sites (tertiary alicyclic amines) is 1. The molecule has 30 heavy (non-hydrogen) atoms. The molecule has 0 aliphatic carbocycles. The Balaban J connectivity index is 1.38. The van der Waals surface area contributed by atoms with Crippen molar-refractivity contribution in [2.75, 3.05) is 6.54 Å². The van der Waals surface area contributed by atoms with Crippen molar-refractivity contribution in [3.63, 3.8) is 0 Å². The van der Waals surface area contributed by atoms with Crippen LogP contribution in [0.5, 0.6) is 0 Å². The smallest absolute Gasteiger partial charge is 0.290 e. The number of carbonyl (C=O) groups excluding carboxylic acids is 3. The summed E-state index contributed by atoms with van der Waals surface area (Å²) in [7, 11) is 0. The molecule has 3 amide bonds. The van der Waals surface area contributed by atoms with Gasteiger partial charge in [-0.25, -0.2) is 5.10 Å². The molecule has 0 unspecified atom stereocenters. The maximum atomic E-state index is 12.5. The molecule has 9 nitrogen and oxygen atoms in total. The van der Waals surface area contributed by atoms with E-state index in [9.17, 15) is 19.2 Å². The molecule has 0 spiro atoms. The molecule has 9 heteroatoms. The summed E-state index contributed by atoms with van der Waals surface area (Å²) in [5.74, 6) is -1.80. The van der Waals surface area contributed by atoms with Crippen molar-refractivity contribution < 1.29 is 14.4 Å². The minimum absolute atomic E-state index is 0.0151. The van der Waals surface area contributed by atoms with E-state index in [4.69, 9.17) is 0 Å². The molecule has 0 bridgehead atoms. The quantitative estimate of drug-likeness (QED) is 0.552. The van der Waals surface area contributed by atoms with E-state index < -0.39 is 23.3 Å². The van der Waals surface area contributed by atoms with E-state index in [2.05, 4.69) is 21.0 Å². The molecule has 1 aromatic heterocycles. The lowest BCUT2D eigenvalue weighted by molar-refractivity contribution is -0.129. The van der Waals surface area contributed by atoms with Gasteiger partial charge in [-0.05, 0) is 11.6 Å². The number of hydrogen-bond acceptors (Lipinski definition) is 5. The van der Waals surface area contributed by atoms with Crippen LogP contribution in [0.25, 0.3) is 10.8 Å². The van der Waals surface area contributed by atoms with Gasteiger partial charge < -0.3 is 4.90 Å². The first-order valence-electron chi connectivity index (χ1n) is 9.42. The molecule has 1 fully saturated rings. The monoisotopic (exact) mass is 405 g/mol. The Morgan fingerprint density at radius 2 is 1.70 bits per heavy atom. The highest BCUT2D eigenvalue weighted by atomic mass is 16.2. The van der Waals surface area contributed by atoms with Crippen LogP contribution in [0.15, 0.2) is 59.4 Å². The van der Waals surface area contributed by atoms with E-state index in [0.29, 0.717) is 17.3 Å². The van der Waals surface area contributed by atoms with Gasteiger partial charge in [-0.3, -0.25) is 30.0 Å². The van der Waals surface area contributed by atoms with Gasteiger partial charge in [0, 0.05) is 24.9 Å². The molecule has 1 atom stereocenters. The van der Waals surface area contributed by atoms with Gasteiger partial charge in [0.25, 0.3) is 11.5 Å². The SMILES string of the molecule is O=C(NNC(=O)[C@@H]1CC(=O)N(Cc2ccccc2)C1)c1n[nH]c(=O)c2ccccc12. The Bertz CT molecular complexity index is 1170. The van der Waals surface area contributed by atoms with Gasteiger partial charge in [-0.1, -0.05) is 48.5 Å². The third kappa shape index (κ3) is 3.90. The zero-order valence-electron chi connectivity index (χ0n) is 15.9. The Kier molecular flexibility index (Phi) is 5.25. The standard InChI is InChI=1S/C21H19N5O4/c27-17-10-14(12-26(17)11-13-6-2-1-3-7-13)19(28)23-25-21(30)18-15-8-4-5-9-16(15)20(29)24-22-18/h1-9,14H,10-12H2,(H,23,28)(H,24,29)(H,25,30)/t14-/m1/s1. The third-order valence-electron chi connectivity index (χ3n) is 5.01. The van der Waals surface area contributed by atoms with Crippen molar-refractivity contribution in [2.24, 2.45) is 5.92 Å². The van der Waals surface area contributed by atoms with Crippen LogP contribution < -0.4 is 16.4 Å². The van der Waals surface area contributed by atoms with Crippen LogP contribution in [0.1, 0.15) is 22.5 Å². The van der Waals surface area contributed by atoms with Gasteiger partial charge in [0.2, 0.25) is 11.8 Å². The number of fused-ring (bicyclic) bond motifs is 1. The topological polar surface area (TPSA) is 124 Å². The lowest BCUT2D eigenvalue weighted by Crippen LogP contribution is -2.45. The van der Waals surface area contributed by atoms with Crippen LogP contribution in [0.3, 0.4) is 0 Å². The minimum Gasteiger partial charge on any atom is -0.338 e. The Hall–Kier alpha value is -4.01. The van der Waals surface area contributed by atoms with E-state index in [1.165, 1.54) is 0 Å². The van der Waals surface area contributed by atoms with Crippen molar-refractivity contribution in [2.45, 2.75) is 13.0 Å². The fraction of sp³-hybridized carbons (Fsp3) is 0.190. The zero-order valence-corrected chi connectivity index (χ0v) is 15.9. The minimum atomic E-state index is -0.665. The number of H-pyrrole nitrogens is 1.